The number of ketones is 1. The highest BCUT2D eigenvalue weighted by Gasteiger charge is 2.31. The summed E-state index contributed by atoms with van der Waals surface area (Å²) in [5.41, 5.74) is 0. The monoisotopic (exact) mass is 211 g/mol. The number of carboxylic acids is 1. The van der Waals surface area contributed by atoms with Gasteiger partial charge in [-0.05, 0) is 0 Å². The van der Waals surface area contributed by atoms with Crippen molar-refractivity contribution in [3.8, 4) is 0 Å². The number of halogens is 1. The second-order valence-electron chi connectivity index (χ2n) is 1.29. The minimum absolute atomic E-state index is 1.03. The van der Waals surface area contributed by atoms with Crippen LogP contribution in [0.3, 0.4) is 0 Å². The number of nitro groups is 1. The molecule has 10 heavy (non-hydrogen) atoms. The second kappa shape index (κ2) is 3.25. The first-order chi connectivity index (χ1) is 4.46. The number of carbonyl (C=O) groups is 2. The lowest BCUT2D eigenvalue weighted by atomic mass is 10.4. The number of hydrogen-bond acceptors (Lipinski definition) is 4. The summed E-state index contributed by atoms with van der Waals surface area (Å²) in [6, 6.07) is 0. The molecule has 1 N–H and O–H groups in total. The average molecular weight is 212 g/mol. The highest BCUT2D eigenvalue weighted by Crippen LogP contribution is 2.00. The van der Waals surface area contributed by atoms with E-state index in [4.69, 9.17) is 5.11 Å². The second-order valence-corrected chi connectivity index (χ2v) is 2.16. The highest BCUT2D eigenvalue weighted by molar-refractivity contribution is 9.09. The molecule has 0 spiro atoms. The van der Waals surface area contributed by atoms with Gasteiger partial charge in [0.1, 0.15) is 0 Å². The van der Waals surface area contributed by atoms with Crippen molar-refractivity contribution in [2.24, 2.45) is 0 Å². The molecule has 0 rings (SSSR count). The molecule has 0 amide bonds. The van der Waals surface area contributed by atoms with Gasteiger partial charge < -0.3 is 5.11 Å². The zero-order valence-corrected chi connectivity index (χ0v) is 6.07. The van der Waals surface area contributed by atoms with Crippen molar-refractivity contribution in [1.29, 1.82) is 0 Å². The maximum Gasteiger partial charge on any atom is 0.380 e. The number of aliphatic carboxylic acids is 1. The van der Waals surface area contributed by atoms with Crippen molar-refractivity contribution >= 4 is 27.7 Å². The Labute approximate surface area is 63.1 Å². The van der Waals surface area contributed by atoms with E-state index in [-0.39, 0.29) is 0 Å². The van der Waals surface area contributed by atoms with Crippen LogP contribution in [0.4, 0.5) is 0 Å². The lowest BCUT2D eigenvalue weighted by Crippen LogP contribution is -2.29. The number of hydrogen-bond donors (Lipinski definition) is 1. The first-order valence-electron chi connectivity index (χ1n) is 2.01. The van der Waals surface area contributed by atoms with E-state index in [1.165, 1.54) is 0 Å². The normalized spacial score (nSPS) is 12.1. The molecule has 0 aliphatic carbocycles. The van der Waals surface area contributed by atoms with Gasteiger partial charge in [0.2, 0.25) is 0 Å². The molecular formula is C3H2BrNO5. The summed E-state index contributed by atoms with van der Waals surface area (Å²) in [5, 5.41) is 17.6. The summed E-state index contributed by atoms with van der Waals surface area (Å²) in [6.07, 6.45) is 0. The van der Waals surface area contributed by atoms with Crippen LogP contribution in [-0.4, -0.2) is 26.7 Å². The lowest BCUT2D eigenvalue weighted by Gasteiger charge is -1.93. The minimum atomic E-state index is -1.84. The lowest BCUT2D eigenvalue weighted by molar-refractivity contribution is -0.478. The molecule has 1 unspecified atom stereocenters. The summed E-state index contributed by atoms with van der Waals surface area (Å²) < 4.78 is 0. The zero-order chi connectivity index (χ0) is 8.31. The fourth-order valence-electron chi connectivity index (χ4n) is 0.198. The van der Waals surface area contributed by atoms with Gasteiger partial charge in [0.15, 0.2) is 0 Å². The first kappa shape index (κ1) is 9.02. The zero-order valence-electron chi connectivity index (χ0n) is 4.48. The third-order valence-corrected chi connectivity index (χ3v) is 1.36. The Balaban J connectivity index is 4.22. The average Bonchev–Trinajstić information content (AvgIpc) is 1.84. The Morgan fingerprint density at radius 2 is 2.00 bits per heavy atom. The molecule has 0 aliphatic rings. The molecule has 0 aliphatic heterocycles. The van der Waals surface area contributed by atoms with E-state index in [2.05, 4.69) is 15.9 Å². The van der Waals surface area contributed by atoms with E-state index in [1.54, 1.807) is 0 Å². The third-order valence-electron chi connectivity index (χ3n) is 0.612. The quantitative estimate of drug-likeness (QED) is 0.226. The number of alkyl halides is 1. The Bertz CT molecular complexity index is 189. The highest BCUT2D eigenvalue weighted by atomic mass is 79.9. The molecule has 0 saturated heterocycles. The molecule has 1 atom stereocenters. The van der Waals surface area contributed by atoms with E-state index >= 15 is 0 Å². The molecule has 0 saturated carbocycles. The number of rotatable bonds is 3. The van der Waals surface area contributed by atoms with Gasteiger partial charge in [-0.2, -0.15) is 0 Å². The van der Waals surface area contributed by atoms with Gasteiger partial charge in [-0.25, -0.2) is 4.79 Å². The molecule has 6 nitrogen and oxygen atoms in total. The summed E-state index contributed by atoms with van der Waals surface area (Å²) in [4.78, 5) is 26.8. The maximum atomic E-state index is 10.2. The van der Waals surface area contributed by atoms with Crippen LogP contribution in [0.15, 0.2) is 0 Å². The van der Waals surface area contributed by atoms with Gasteiger partial charge in [-0.15, -0.1) is 0 Å². The predicted octanol–water partition coefficient (Wildman–Crippen LogP) is -0.362. The van der Waals surface area contributed by atoms with Gasteiger partial charge in [-0.1, -0.05) is 0 Å². The summed E-state index contributed by atoms with van der Waals surface area (Å²) in [5.74, 6) is -3.30. The maximum absolute atomic E-state index is 10.2. The van der Waals surface area contributed by atoms with Crippen LogP contribution in [-0.2, 0) is 9.59 Å². The number of nitrogens with zero attached hydrogens (tertiary/aromatic N) is 1. The van der Waals surface area contributed by atoms with E-state index in [9.17, 15) is 19.7 Å². The number of carbonyl (C=O) groups excluding carboxylic acids is 1. The number of Topliss-reactive ketones (excluding diaryl/α,β-unsaturated/α-hetero) is 1. The molecule has 0 heterocycles. The fraction of sp³-hybridized carbons (Fsp3) is 0.333. The van der Waals surface area contributed by atoms with Gasteiger partial charge in [0.05, 0.1) is 0 Å². The van der Waals surface area contributed by atoms with Crippen molar-refractivity contribution in [3.05, 3.63) is 10.1 Å². The van der Waals surface area contributed by atoms with Gasteiger partial charge in [-0.3, -0.25) is 14.9 Å². The topological polar surface area (TPSA) is 97.5 Å². The molecular weight excluding hydrogens is 210 g/mol. The van der Waals surface area contributed by atoms with Crippen LogP contribution in [0, 0.1) is 10.1 Å². The van der Waals surface area contributed by atoms with Crippen molar-refractivity contribution in [2.45, 2.75) is 4.95 Å². The van der Waals surface area contributed by atoms with Crippen LogP contribution < -0.4 is 0 Å². The third kappa shape index (κ3) is 2.09. The Morgan fingerprint density at radius 1 is 1.60 bits per heavy atom. The van der Waals surface area contributed by atoms with Crippen molar-refractivity contribution in [3.63, 3.8) is 0 Å². The van der Waals surface area contributed by atoms with Gasteiger partial charge in [0, 0.05) is 20.9 Å². The van der Waals surface area contributed by atoms with Crippen molar-refractivity contribution in [1.82, 2.24) is 0 Å². The van der Waals surface area contributed by atoms with Gasteiger partial charge >= 0.3 is 16.7 Å². The van der Waals surface area contributed by atoms with Crippen LogP contribution >= 0.6 is 15.9 Å². The predicted molar refractivity (Wildman–Crippen MR) is 32.4 cm³/mol. The molecule has 0 aromatic rings. The van der Waals surface area contributed by atoms with E-state index < -0.39 is 21.6 Å². The van der Waals surface area contributed by atoms with Crippen molar-refractivity contribution in [2.75, 3.05) is 0 Å². The smallest absolute Gasteiger partial charge is 0.380 e. The number of carboxylic acid groups (broad SMARTS) is 1. The molecule has 0 fully saturated rings. The summed E-state index contributed by atoms with van der Waals surface area (Å²) in [7, 11) is 0. The van der Waals surface area contributed by atoms with Crippen LogP contribution in [0.5, 0.6) is 0 Å². The van der Waals surface area contributed by atoms with Gasteiger partial charge in [0.25, 0.3) is 0 Å². The standard InChI is InChI=1S/C3H2BrNO5/c4-2(5(9)10)1(6)3(7)8/h2H,(H,7,8). The molecule has 0 bridgehead atoms. The Kier molecular flexibility index (Phi) is 2.94. The fourth-order valence-corrected chi connectivity index (χ4v) is 0.393. The molecule has 0 radical (unpaired) electrons. The SMILES string of the molecule is O=C(O)C(=O)C(Br)[N+](=O)[O-]. The first-order valence-corrected chi connectivity index (χ1v) is 2.93. The largest absolute Gasteiger partial charge is 0.475 e. The van der Waals surface area contributed by atoms with E-state index in [0.29, 0.717) is 0 Å². The van der Waals surface area contributed by atoms with Crippen molar-refractivity contribution < 1.29 is 19.6 Å². The Hall–Kier alpha value is -0.980. The molecule has 0 aromatic heterocycles. The van der Waals surface area contributed by atoms with Crippen LogP contribution in [0.2, 0.25) is 0 Å². The summed E-state index contributed by atoms with van der Waals surface area (Å²) >= 11 is 2.28. The summed E-state index contributed by atoms with van der Waals surface area (Å²) in [6.45, 7) is 0. The van der Waals surface area contributed by atoms with Crippen LogP contribution in [0.1, 0.15) is 0 Å². The minimum Gasteiger partial charge on any atom is -0.475 e. The Morgan fingerprint density at radius 3 is 2.10 bits per heavy atom. The van der Waals surface area contributed by atoms with E-state index in [1.807, 2.05) is 0 Å². The molecule has 56 valence electrons. The van der Waals surface area contributed by atoms with E-state index in [0.717, 1.165) is 0 Å². The van der Waals surface area contributed by atoms with Crippen LogP contribution in [0.25, 0.3) is 0 Å². The molecule has 7 heteroatoms. The molecule has 0 aromatic carbocycles.